The van der Waals surface area contributed by atoms with E-state index in [9.17, 15) is 14.9 Å². The number of allylic oxidation sites excluding steroid dienone is 1. The van der Waals surface area contributed by atoms with E-state index in [1.165, 1.54) is 35.2 Å². The van der Waals surface area contributed by atoms with Crippen molar-refractivity contribution in [2.75, 3.05) is 0 Å². The second kappa shape index (κ2) is 7.09. The average Bonchev–Trinajstić information content (AvgIpc) is 3.18. The lowest BCUT2D eigenvalue weighted by Gasteiger charge is -1.99. The van der Waals surface area contributed by atoms with Crippen molar-refractivity contribution in [1.29, 1.82) is 0 Å². The first-order valence-corrected chi connectivity index (χ1v) is 10.1. The van der Waals surface area contributed by atoms with Crippen molar-refractivity contribution in [2.45, 2.75) is 4.34 Å². The number of nitrogens with zero attached hydrogens (tertiary/aromatic N) is 2. The largest absolute Gasteiger partial charge is 0.433 e. The van der Waals surface area contributed by atoms with Crippen LogP contribution in [0.3, 0.4) is 0 Å². The highest BCUT2D eigenvalue weighted by Crippen LogP contribution is 2.39. The maximum absolute atomic E-state index is 12.9. The fourth-order valence-corrected chi connectivity index (χ4v) is 5.28. The molecule has 3 aromatic rings. The summed E-state index contributed by atoms with van der Waals surface area (Å²) in [5.41, 5.74) is 1.92. The predicted octanol–water partition coefficient (Wildman–Crippen LogP) is 5.70. The van der Waals surface area contributed by atoms with Gasteiger partial charge in [-0.25, -0.2) is 4.79 Å². The van der Waals surface area contributed by atoms with E-state index >= 15 is 0 Å². The van der Waals surface area contributed by atoms with Crippen LogP contribution < -0.4 is 4.57 Å². The van der Waals surface area contributed by atoms with Crippen molar-refractivity contribution in [1.82, 2.24) is 0 Å². The maximum atomic E-state index is 12.9. The third-order valence-electron chi connectivity index (χ3n) is 3.91. The van der Waals surface area contributed by atoms with Crippen LogP contribution in [0.25, 0.3) is 17.3 Å². The van der Waals surface area contributed by atoms with Gasteiger partial charge < -0.3 is 0 Å². The Hall–Kier alpha value is -2.19. The van der Waals surface area contributed by atoms with Crippen molar-refractivity contribution < 1.29 is 14.3 Å². The van der Waals surface area contributed by atoms with Crippen LogP contribution in [-0.4, -0.2) is 10.8 Å². The Morgan fingerprint density at radius 3 is 2.70 bits per heavy atom. The first-order valence-electron chi connectivity index (χ1n) is 7.62. The molecule has 0 radical (unpaired) electrons. The number of nitro groups is 1. The quantitative estimate of drug-likeness (QED) is 0.229. The summed E-state index contributed by atoms with van der Waals surface area (Å²) in [7, 11) is 0. The SMILES string of the molecule is O=C1/C(=C/c2ccc(Cl)cc2Cl)Sc2scc(-c3cccc([N+](=O)[O-])c3)[n+]21. The number of carbonyl (C=O) groups excluding carboxylic acids is 1. The minimum Gasteiger partial charge on any atom is -0.258 e. The molecule has 134 valence electrons. The standard InChI is InChI=1S/C18H9Cl2N2O3S2/c19-12-5-4-10(14(20)8-12)7-16-17(23)21-15(9-26-18(21)27-16)11-2-1-3-13(6-11)22(24)25/h1-9H/q+1/b16-7-. The van der Waals surface area contributed by atoms with Gasteiger partial charge >= 0.3 is 10.2 Å². The van der Waals surface area contributed by atoms with Crippen LogP contribution >= 0.6 is 46.3 Å². The van der Waals surface area contributed by atoms with Crippen LogP contribution in [0.2, 0.25) is 10.0 Å². The number of nitro benzene ring substituents is 1. The zero-order chi connectivity index (χ0) is 19.1. The molecule has 0 N–H and O–H groups in total. The summed E-state index contributed by atoms with van der Waals surface area (Å²) < 4.78 is 2.36. The number of rotatable bonds is 3. The van der Waals surface area contributed by atoms with E-state index in [0.717, 1.165) is 4.34 Å². The number of halogens is 2. The van der Waals surface area contributed by atoms with E-state index in [-0.39, 0.29) is 11.6 Å². The molecule has 0 amide bonds. The molecule has 0 unspecified atom stereocenters. The molecule has 0 atom stereocenters. The molecule has 1 aliphatic rings. The molecule has 0 spiro atoms. The highest BCUT2D eigenvalue weighted by Gasteiger charge is 2.41. The fraction of sp³-hybridized carbons (Fsp3) is 0. The van der Waals surface area contributed by atoms with Gasteiger partial charge in [0, 0.05) is 33.9 Å². The smallest absolute Gasteiger partial charge is 0.258 e. The number of thioether (sulfide) groups is 1. The summed E-state index contributed by atoms with van der Waals surface area (Å²) >= 11 is 14.9. The molecule has 1 aliphatic heterocycles. The van der Waals surface area contributed by atoms with Gasteiger partial charge in [-0.05, 0) is 29.8 Å². The Kier molecular flexibility index (Phi) is 4.77. The number of non-ortho nitro benzene ring substituents is 1. The number of aromatic nitrogens is 1. The lowest BCUT2D eigenvalue weighted by Crippen LogP contribution is -2.40. The Labute approximate surface area is 172 Å². The van der Waals surface area contributed by atoms with Gasteiger partial charge in [0.05, 0.1) is 15.9 Å². The first-order chi connectivity index (χ1) is 12.9. The zero-order valence-electron chi connectivity index (χ0n) is 13.4. The number of thiazole rings is 1. The summed E-state index contributed by atoms with van der Waals surface area (Å²) in [5, 5.41) is 13.8. The third kappa shape index (κ3) is 3.39. The molecule has 2 heterocycles. The number of benzene rings is 2. The number of hydrogen-bond acceptors (Lipinski definition) is 5. The van der Waals surface area contributed by atoms with Crippen LogP contribution in [0.1, 0.15) is 10.4 Å². The van der Waals surface area contributed by atoms with Gasteiger partial charge in [0.25, 0.3) is 5.69 Å². The summed E-state index contributed by atoms with van der Waals surface area (Å²) in [6.07, 6.45) is 1.72. The summed E-state index contributed by atoms with van der Waals surface area (Å²) in [4.78, 5) is 24.0. The molecule has 5 nitrogen and oxygen atoms in total. The van der Waals surface area contributed by atoms with Gasteiger partial charge in [-0.15, -0.1) is 4.57 Å². The van der Waals surface area contributed by atoms with E-state index in [2.05, 4.69) is 0 Å². The van der Waals surface area contributed by atoms with Crippen LogP contribution in [0.15, 0.2) is 57.1 Å². The lowest BCUT2D eigenvalue weighted by molar-refractivity contribution is -0.588. The predicted molar refractivity (Wildman–Crippen MR) is 108 cm³/mol. The topological polar surface area (TPSA) is 64.1 Å². The van der Waals surface area contributed by atoms with E-state index in [1.54, 1.807) is 41.0 Å². The first kappa shape index (κ1) is 18.2. The average molecular weight is 436 g/mol. The van der Waals surface area contributed by atoms with Crippen molar-refractivity contribution in [2.24, 2.45) is 0 Å². The number of hydrogen-bond donors (Lipinski definition) is 0. The second-order valence-corrected chi connectivity index (χ2v) is 8.60. The van der Waals surface area contributed by atoms with E-state index in [1.807, 2.05) is 5.38 Å². The van der Waals surface area contributed by atoms with Crippen LogP contribution in [0, 0.1) is 10.1 Å². The Morgan fingerprint density at radius 1 is 1.15 bits per heavy atom. The molecule has 0 bridgehead atoms. The summed E-state index contributed by atoms with van der Waals surface area (Å²) in [6, 6.07) is 11.3. The molecule has 4 rings (SSSR count). The summed E-state index contributed by atoms with van der Waals surface area (Å²) in [6.45, 7) is 0. The minimum absolute atomic E-state index is 0.0186. The summed E-state index contributed by atoms with van der Waals surface area (Å²) in [5.74, 6) is -0.191. The molecule has 0 saturated heterocycles. The molecule has 0 fully saturated rings. The molecule has 27 heavy (non-hydrogen) atoms. The lowest BCUT2D eigenvalue weighted by atomic mass is 10.1. The molecule has 0 saturated carbocycles. The molecular formula is C18H9Cl2N2O3S2+. The molecule has 1 aromatic heterocycles. The number of fused-ring (bicyclic) bond motifs is 1. The fourth-order valence-electron chi connectivity index (χ4n) is 2.65. The highest BCUT2D eigenvalue weighted by atomic mass is 35.5. The molecular weight excluding hydrogens is 427 g/mol. The Bertz CT molecular complexity index is 1140. The molecule has 0 aliphatic carbocycles. The van der Waals surface area contributed by atoms with Crippen LogP contribution in [0.4, 0.5) is 5.69 Å². The van der Waals surface area contributed by atoms with Gasteiger partial charge in [-0.3, -0.25) is 10.1 Å². The van der Waals surface area contributed by atoms with Gasteiger partial charge in [0.1, 0.15) is 4.91 Å². The highest BCUT2D eigenvalue weighted by molar-refractivity contribution is 8.05. The van der Waals surface area contributed by atoms with E-state index < -0.39 is 4.92 Å². The Morgan fingerprint density at radius 2 is 1.96 bits per heavy atom. The third-order valence-corrected chi connectivity index (χ3v) is 6.60. The van der Waals surface area contributed by atoms with E-state index in [0.29, 0.717) is 31.8 Å². The van der Waals surface area contributed by atoms with Gasteiger partial charge in [-0.2, -0.15) is 0 Å². The molecule has 9 heteroatoms. The van der Waals surface area contributed by atoms with Crippen LogP contribution in [0.5, 0.6) is 0 Å². The van der Waals surface area contributed by atoms with Gasteiger partial charge in [-0.1, -0.05) is 46.7 Å². The second-order valence-electron chi connectivity index (χ2n) is 5.61. The Balaban J connectivity index is 1.73. The zero-order valence-corrected chi connectivity index (χ0v) is 16.5. The number of carbonyl (C=O) groups is 1. The van der Waals surface area contributed by atoms with Crippen molar-refractivity contribution >= 4 is 64.0 Å². The van der Waals surface area contributed by atoms with Gasteiger partial charge in [0.2, 0.25) is 5.69 Å². The van der Waals surface area contributed by atoms with Crippen LogP contribution in [-0.2, 0) is 0 Å². The van der Waals surface area contributed by atoms with Gasteiger partial charge in [0.15, 0.2) is 0 Å². The van der Waals surface area contributed by atoms with Crippen molar-refractivity contribution in [3.05, 3.63) is 78.5 Å². The minimum atomic E-state index is -0.453. The normalized spacial score (nSPS) is 14.6. The monoisotopic (exact) mass is 435 g/mol. The maximum Gasteiger partial charge on any atom is 0.433 e. The van der Waals surface area contributed by atoms with Crippen molar-refractivity contribution in [3.8, 4) is 11.3 Å². The van der Waals surface area contributed by atoms with Crippen molar-refractivity contribution in [3.63, 3.8) is 0 Å². The van der Waals surface area contributed by atoms with E-state index in [4.69, 9.17) is 23.2 Å². The molecule has 2 aromatic carbocycles.